The Labute approximate surface area is 152 Å². The Hall–Kier alpha value is -2.67. The summed E-state index contributed by atoms with van der Waals surface area (Å²) in [6, 6.07) is 6.65. The Morgan fingerprint density at radius 2 is 2.04 bits per heavy atom. The van der Waals surface area contributed by atoms with Gasteiger partial charge in [-0.1, -0.05) is 12.1 Å². The number of aryl methyl sites for hydroxylation is 2. The van der Waals surface area contributed by atoms with Crippen molar-refractivity contribution in [1.82, 2.24) is 14.7 Å². The molecule has 1 amide bonds. The molecule has 2 aromatic rings. The summed E-state index contributed by atoms with van der Waals surface area (Å²) in [7, 11) is 1.86. The van der Waals surface area contributed by atoms with Gasteiger partial charge in [-0.15, -0.1) is 0 Å². The number of aromatic nitrogens is 2. The molecule has 1 N–H and O–H groups in total. The third kappa shape index (κ3) is 3.94. The molecule has 0 bridgehead atoms. The molecule has 7 heteroatoms. The van der Waals surface area contributed by atoms with Crippen molar-refractivity contribution in [2.24, 2.45) is 7.05 Å². The van der Waals surface area contributed by atoms with E-state index < -0.39 is 11.6 Å². The number of amides is 1. The number of carboxylic acid groups (broad SMARTS) is 1. The number of carboxylic acids is 1. The largest absolute Gasteiger partial charge is 0.478 e. The Kier molecular flexibility index (Phi) is 5.08. The monoisotopic (exact) mass is 357 g/mol. The number of hydrogen-bond donors (Lipinski definition) is 1. The van der Waals surface area contributed by atoms with Crippen molar-refractivity contribution in [3.8, 4) is 0 Å². The minimum Gasteiger partial charge on any atom is -0.478 e. The molecule has 0 radical (unpaired) electrons. The Morgan fingerprint density at radius 3 is 2.65 bits per heavy atom. The highest BCUT2D eigenvalue weighted by molar-refractivity contribution is 5.87. The van der Waals surface area contributed by atoms with Gasteiger partial charge >= 0.3 is 5.97 Å². The van der Waals surface area contributed by atoms with Gasteiger partial charge in [0, 0.05) is 31.8 Å². The summed E-state index contributed by atoms with van der Waals surface area (Å²) < 4.78 is 7.67. The third-order valence-electron chi connectivity index (χ3n) is 4.77. The van der Waals surface area contributed by atoms with Crippen LogP contribution in [0.4, 0.5) is 0 Å². The molecular weight excluding hydrogens is 334 g/mol. The van der Waals surface area contributed by atoms with Gasteiger partial charge in [-0.2, -0.15) is 5.10 Å². The first-order valence-electron chi connectivity index (χ1n) is 8.60. The fourth-order valence-corrected chi connectivity index (χ4v) is 3.18. The van der Waals surface area contributed by atoms with E-state index in [0.29, 0.717) is 32.5 Å². The van der Waals surface area contributed by atoms with Gasteiger partial charge in [-0.05, 0) is 31.0 Å². The van der Waals surface area contributed by atoms with Crippen LogP contribution in [0.3, 0.4) is 0 Å². The lowest BCUT2D eigenvalue weighted by Gasteiger charge is -2.40. The predicted molar refractivity (Wildman–Crippen MR) is 94.8 cm³/mol. The van der Waals surface area contributed by atoms with Crippen LogP contribution in [0.15, 0.2) is 36.7 Å². The average molecular weight is 357 g/mol. The molecule has 3 rings (SSSR count). The van der Waals surface area contributed by atoms with Crippen LogP contribution in [0.2, 0.25) is 0 Å². The second-order valence-electron chi connectivity index (χ2n) is 6.80. The van der Waals surface area contributed by atoms with Crippen molar-refractivity contribution in [3.63, 3.8) is 0 Å². The lowest BCUT2D eigenvalue weighted by molar-refractivity contribution is -0.149. The van der Waals surface area contributed by atoms with Crippen LogP contribution in [0, 0.1) is 0 Å². The molecule has 1 aliphatic rings. The van der Waals surface area contributed by atoms with Gasteiger partial charge in [0.25, 0.3) is 0 Å². The van der Waals surface area contributed by atoms with E-state index in [4.69, 9.17) is 9.84 Å². The third-order valence-corrected chi connectivity index (χ3v) is 4.77. The number of ether oxygens (including phenoxy) is 1. The molecule has 138 valence electrons. The van der Waals surface area contributed by atoms with Crippen molar-refractivity contribution >= 4 is 11.9 Å². The normalized spacial score (nSPS) is 20.2. The topological polar surface area (TPSA) is 84.7 Å². The Balaban J connectivity index is 1.60. The van der Waals surface area contributed by atoms with Crippen LogP contribution in [-0.4, -0.2) is 51.4 Å². The fourth-order valence-electron chi connectivity index (χ4n) is 3.18. The summed E-state index contributed by atoms with van der Waals surface area (Å²) in [5, 5.41) is 13.1. The van der Waals surface area contributed by atoms with E-state index in [1.54, 1.807) is 35.1 Å². The maximum absolute atomic E-state index is 12.6. The molecule has 1 saturated heterocycles. The lowest BCUT2D eigenvalue weighted by atomic mass is 9.96. The quantitative estimate of drug-likeness (QED) is 0.882. The zero-order valence-electron chi connectivity index (χ0n) is 15.0. The molecule has 1 fully saturated rings. The van der Waals surface area contributed by atoms with E-state index in [1.807, 2.05) is 25.1 Å². The highest BCUT2D eigenvalue weighted by Gasteiger charge is 2.36. The minimum absolute atomic E-state index is 0.0747. The Morgan fingerprint density at radius 1 is 1.31 bits per heavy atom. The van der Waals surface area contributed by atoms with Crippen molar-refractivity contribution in [2.45, 2.75) is 25.4 Å². The van der Waals surface area contributed by atoms with Crippen molar-refractivity contribution in [3.05, 3.63) is 53.3 Å². The number of carbonyl (C=O) groups excluding carboxylic acids is 1. The van der Waals surface area contributed by atoms with Crippen molar-refractivity contribution in [1.29, 1.82) is 0 Å². The molecule has 26 heavy (non-hydrogen) atoms. The second kappa shape index (κ2) is 7.29. The van der Waals surface area contributed by atoms with Crippen molar-refractivity contribution < 1.29 is 19.4 Å². The van der Waals surface area contributed by atoms with Crippen LogP contribution in [0.25, 0.3) is 0 Å². The van der Waals surface area contributed by atoms with Gasteiger partial charge in [0.15, 0.2) is 0 Å². The van der Waals surface area contributed by atoms with Gasteiger partial charge in [0.1, 0.15) is 5.60 Å². The summed E-state index contributed by atoms with van der Waals surface area (Å²) in [5.74, 6) is -0.874. The Bertz CT molecular complexity index is 799. The van der Waals surface area contributed by atoms with Gasteiger partial charge in [-0.3, -0.25) is 9.48 Å². The fraction of sp³-hybridized carbons (Fsp3) is 0.421. The highest BCUT2D eigenvalue weighted by atomic mass is 16.5. The summed E-state index contributed by atoms with van der Waals surface area (Å²) in [6.45, 7) is 3.54. The average Bonchev–Trinajstić information content (AvgIpc) is 3.07. The van der Waals surface area contributed by atoms with Gasteiger partial charge in [0.2, 0.25) is 5.91 Å². The maximum atomic E-state index is 12.6. The maximum Gasteiger partial charge on any atom is 0.335 e. The lowest BCUT2D eigenvalue weighted by Crippen LogP contribution is -2.50. The summed E-state index contributed by atoms with van der Waals surface area (Å²) in [5.41, 5.74) is 1.61. The van der Waals surface area contributed by atoms with Crippen LogP contribution < -0.4 is 0 Å². The van der Waals surface area contributed by atoms with E-state index in [-0.39, 0.29) is 11.5 Å². The highest BCUT2D eigenvalue weighted by Crippen LogP contribution is 2.29. The molecule has 0 spiro atoms. The predicted octanol–water partition coefficient (Wildman–Crippen LogP) is 1.83. The molecule has 2 heterocycles. The van der Waals surface area contributed by atoms with Crippen LogP contribution in [0.5, 0.6) is 0 Å². The van der Waals surface area contributed by atoms with Crippen molar-refractivity contribution in [2.75, 3.05) is 19.7 Å². The number of hydrogen-bond acceptors (Lipinski definition) is 4. The molecule has 1 aromatic carbocycles. The molecule has 0 saturated carbocycles. The van der Waals surface area contributed by atoms with E-state index in [2.05, 4.69) is 5.10 Å². The summed E-state index contributed by atoms with van der Waals surface area (Å²) >= 11 is 0. The summed E-state index contributed by atoms with van der Waals surface area (Å²) in [4.78, 5) is 25.3. The van der Waals surface area contributed by atoms with E-state index in [1.165, 1.54) is 0 Å². The molecular formula is C19H23N3O4. The number of aromatic carboxylic acids is 1. The standard InChI is InChI=1S/C19H23N3O4/c1-19(16-11-20-21(2)12-16)13-22(9-10-26-19)17(23)8-5-14-3-6-15(7-4-14)18(24)25/h3-4,6-7,11-12H,5,8-10,13H2,1-2H3,(H,24,25). The van der Waals surface area contributed by atoms with Gasteiger partial charge < -0.3 is 14.7 Å². The summed E-state index contributed by atoms with van der Waals surface area (Å²) in [6.07, 6.45) is 4.66. The van der Waals surface area contributed by atoms with E-state index in [9.17, 15) is 9.59 Å². The number of morpholine rings is 1. The van der Waals surface area contributed by atoms with E-state index in [0.717, 1.165) is 11.1 Å². The molecule has 1 unspecified atom stereocenters. The second-order valence-corrected chi connectivity index (χ2v) is 6.80. The number of carbonyl (C=O) groups is 2. The number of nitrogens with zero attached hydrogens (tertiary/aromatic N) is 3. The zero-order chi connectivity index (χ0) is 18.7. The van der Waals surface area contributed by atoms with Gasteiger partial charge in [0.05, 0.1) is 24.9 Å². The first kappa shape index (κ1) is 18.1. The van der Waals surface area contributed by atoms with E-state index >= 15 is 0 Å². The van der Waals surface area contributed by atoms with Crippen LogP contribution in [-0.2, 0) is 28.6 Å². The zero-order valence-corrected chi connectivity index (χ0v) is 15.0. The molecule has 1 atom stereocenters. The number of rotatable bonds is 5. The first-order chi connectivity index (χ1) is 12.4. The van der Waals surface area contributed by atoms with Crippen LogP contribution in [0.1, 0.15) is 34.8 Å². The molecule has 1 aliphatic heterocycles. The SMILES string of the molecule is Cn1cc(C2(C)CN(C(=O)CCc3ccc(C(=O)O)cc3)CCO2)cn1. The molecule has 0 aliphatic carbocycles. The minimum atomic E-state index is -0.948. The first-order valence-corrected chi connectivity index (χ1v) is 8.60. The number of benzene rings is 1. The van der Waals surface area contributed by atoms with Gasteiger partial charge in [-0.25, -0.2) is 4.79 Å². The van der Waals surface area contributed by atoms with Crippen LogP contribution >= 0.6 is 0 Å². The molecule has 1 aromatic heterocycles. The smallest absolute Gasteiger partial charge is 0.335 e. The molecule has 7 nitrogen and oxygen atoms in total.